The number of rotatable bonds is 3. The first-order valence-electron chi connectivity index (χ1n) is 5.00. The van der Waals surface area contributed by atoms with Gasteiger partial charge in [0, 0.05) is 20.3 Å². The summed E-state index contributed by atoms with van der Waals surface area (Å²) in [4.78, 5) is 6.45. The van der Waals surface area contributed by atoms with E-state index in [4.69, 9.17) is 0 Å². The largest absolute Gasteiger partial charge is 0.376 e. The van der Waals surface area contributed by atoms with Gasteiger partial charge in [0.05, 0.1) is 23.9 Å². The maximum Gasteiger partial charge on any atom is 0.127 e. The van der Waals surface area contributed by atoms with Crippen molar-refractivity contribution in [2.24, 2.45) is 0 Å². The third kappa shape index (κ3) is 1.80. The molecule has 0 aliphatic heterocycles. The van der Waals surface area contributed by atoms with Gasteiger partial charge in [0.2, 0.25) is 0 Å². The lowest BCUT2D eigenvalue weighted by Gasteiger charge is -2.13. The number of pyridine rings is 1. The Labute approximate surface area is 89.5 Å². The number of aromatic nitrogens is 2. The quantitative estimate of drug-likeness (QED) is 0.813. The Hall–Kier alpha value is -1.55. The molecule has 0 bridgehead atoms. The number of nitrogens with one attached hydrogen (secondary N) is 1. The van der Waals surface area contributed by atoms with Gasteiger partial charge in [-0.3, -0.25) is 0 Å². The molecule has 0 saturated heterocycles. The Kier molecular flexibility index (Phi) is 2.60. The van der Waals surface area contributed by atoms with Crippen LogP contribution >= 0.6 is 0 Å². The van der Waals surface area contributed by atoms with Crippen LogP contribution in [0.3, 0.4) is 0 Å². The summed E-state index contributed by atoms with van der Waals surface area (Å²) in [6, 6.07) is 4.18. The molecule has 4 nitrogen and oxygen atoms in total. The third-order valence-corrected chi connectivity index (χ3v) is 2.44. The van der Waals surface area contributed by atoms with Crippen molar-refractivity contribution in [2.45, 2.75) is 6.54 Å². The Bertz CT molecular complexity index is 459. The first-order valence-corrected chi connectivity index (χ1v) is 5.00. The summed E-state index contributed by atoms with van der Waals surface area (Å²) in [5, 5.41) is 3.11. The van der Waals surface area contributed by atoms with E-state index >= 15 is 0 Å². The van der Waals surface area contributed by atoms with Gasteiger partial charge in [-0.2, -0.15) is 0 Å². The van der Waals surface area contributed by atoms with Gasteiger partial charge in [0.1, 0.15) is 5.82 Å². The van der Waals surface area contributed by atoms with Crippen LogP contribution < -0.4 is 10.2 Å². The number of nitrogens with zero attached hydrogens (tertiary/aromatic N) is 3. The summed E-state index contributed by atoms with van der Waals surface area (Å²) in [5.74, 6) is 1.04. The zero-order valence-electron chi connectivity index (χ0n) is 9.36. The lowest BCUT2D eigenvalue weighted by Crippen LogP contribution is -2.11. The van der Waals surface area contributed by atoms with Crippen LogP contribution in [-0.2, 0) is 6.54 Å². The van der Waals surface area contributed by atoms with Gasteiger partial charge in [-0.25, -0.2) is 4.98 Å². The van der Waals surface area contributed by atoms with E-state index in [0.717, 1.165) is 17.9 Å². The van der Waals surface area contributed by atoms with Gasteiger partial charge in [0.15, 0.2) is 0 Å². The minimum absolute atomic E-state index is 0.783. The molecule has 1 N–H and O–H groups in total. The Balaban J connectivity index is 2.51. The molecule has 2 aromatic heterocycles. The maximum atomic E-state index is 4.37. The smallest absolute Gasteiger partial charge is 0.127 e. The van der Waals surface area contributed by atoms with E-state index in [1.165, 1.54) is 5.69 Å². The summed E-state index contributed by atoms with van der Waals surface area (Å²) < 4.78 is 2.12. The van der Waals surface area contributed by atoms with Crippen LogP contribution in [0.25, 0.3) is 5.52 Å². The highest BCUT2D eigenvalue weighted by atomic mass is 15.1. The molecule has 0 spiro atoms. The van der Waals surface area contributed by atoms with Gasteiger partial charge < -0.3 is 14.6 Å². The van der Waals surface area contributed by atoms with Crippen molar-refractivity contribution in [2.75, 3.05) is 26.0 Å². The van der Waals surface area contributed by atoms with Crippen LogP contribution in [0.15, 0.2) is 24.5 Å². The summed E-state index contributed by atoms with van der Waals surface area (Å²) in [6.45, 7) is 0.783. The molecule has 0 aromatic carbocycles. The fraction of sp³-hybridized carbons (Fsp3) is 0.364. The Morgan fingerprint density at radius 2 is 2.20 bits per heavy atom. The average Bonchev–Trinajstić information content (AvgIpc) is 2.61. The van der Waals surface area contributed by atoms with Crippen LogP contribution in [0.1, 0.15) is 5.82 Å². The molecule has 0 amide bonds. The molecule has 0 atom stereocenters. The molecule has 0 aliphatic rings. The van der Waals surface area contributed by atoms with E-state index in [2.05, 4.69) is 37.9 Å². The van der Waals surface area contributed by atoms with Crippen molar-refractivity contribution in [3.8, 4) is 0 Å². The molecule has 0 fully saturated rings. The minimum atomic E-state index is 0.783. The molecule has 4 heteroatoms. The second-order valence-electron chi connectivity index (χ2n) is 3.78. The third-order valence-electron chi connectivity index (χ3n) is 2.44. The molecule has 0 unspecified atom stereocenters. The molecular weight excluding hydrogens is 188 g/mol. The fourth-order valence-corrected chi connectivity index (χ4v) is 1.59. The fourth-order valence-electron chi connectivity index (χ4n) is 1.59. The van der Waals surface area contributed by atoms with Crippen molar-refractivity contribution < 1.29 is 0 Å². The molecule has 0 radical (unpaired) electrons. The lowest BCUT2D eigenvalue weighted by atomic mass is 10.3. The first-order chi connectivity index (χ1) is 7.22. The molecular formula is C11H16N4. The van der Waals surface area contributed by atoms with Gasteiger partial charge >= 0.3 is 0 Å². The number of fused-ring (bicyclic) bond motifs is 1. The van der Waals surface area contributed by atoms with Gasteiger partial charge in [-0.15, -0.1) is 0 Å². The molecule has 80 valence electrons. The van der Waals surface area contributed by atoms with Crippen molar-refractivity contribution >= 4 is 11.2 Å². The highest BCUT2D eigenvalue weighted by Gasteiger charge is 2.03. The first kappa shape index (κ1) is 9.98. The lowest BCUT2D eigenvalue weighted by molar-refractivity contribution is 0.755. The second kappa shape index (κ2) is 3.90. The highest BCUT2D eigenvalue weighted by Crippen LogP contribution is 2.15. The van der Waals surface area contributed by atoms with Crippen molar-refractivity contribution in [1.82, 2.24) is 14.7 Å². The summed E-state index contributed by atoms with van der Waals surface area (Å²) in [6.07, 6.45) is 4.00. The SMILES string of the molecule is CNCc1ncc2ccc(N(C)C)cn12. The van der Waals surface area contributed by atoms with Gasteiger partial charge in [0.25, 0.3) is 0 Å². The van der Waals surface area contributed by atoms with Gasteiger partial charge in [-0.05, 0) is 19.2 Å². The second-order valence-corrected chi connectivity index (χ2v) is 3.78. The van der Waals surface area contributed by atoms with E-state index in [1.807, 2.05) is 27.3 Å². The van der Waals surface area contributed by atoms with Crippen molar-refractivity contribution in [3.63, 3.8) is 0 Å². The van der Waals surface area contributed by atoms with Crippen molar-refractivity contribution in [1.29, 1.82) is 0 Å². The number of hydrogen-bond donors (Lipinski definition) is 1. The van der Waals surface area contributed by atoms with Crippen LogP contribution in [0, 0.1) is 0 Å². The molecule has 2 rings (SSSR count). The predicted molar refractivity (Wildman–Crippen MR) is 62.3 cm³/mol. The minimum Gasteiger partial charge on any atom is -0.376 e. The molecule has 2 aromatic rings. The standard InChI is InChI=1S/C11H16N4/c1-12-7-11-13-6-9-4-5-10(14(2)3)8-15(9)11/h4-6,8,12H,7H2,1-3H3. The highest BCUT2D eigenvalue weighted by molar-refractivity contribution is 5.54. The molecule has 0 aliphatic carbocycles. The van der Waals surface area contributed by atoms with E-state index < -0.39 is 0 Å². The summed E-state index contributed by atoms with van der Waals surface area (Å²) in [7, 11) is 6.00. The van der Waals surface area contributed by atoms with E-state index in [-0.39, 0.29) is 0 Å². The number of hydrogen-bond acceptors (Lipinski definition) is 3. The average molecular weight is 204 g/mol. The zero-order valence-corrected chi connectivity index (χ0v) is 9.36. The van der Waals surface area contributed by atoms with E-state index in [0.29, 0.717) is 0 Å². The molecule has 2 heterocycles. The Morgan fingerprint density at radius 3 is 2.87 bits per heavy atom. The van der Waals surface area contributed by atoms with Crippen molar-refractivity contribution in [3.05, 3.63) is 30.4 Å². The predicted octanol–water partition coefficient (Wildman–Crippen LogP) is 1.12. The molecule has 15 heavy (non-hydrogen) atoms. The maximum absolute atomic E-state index is 4.37. The van der Waals surface area contributed by atoms with E-state index in [1.54, 1.807) is 0 Å². The van der Waals surface area contributed by atoms with Crippen LogP contribution in [0.5, 0.6) is 0 Å². The van der Waals surface area contributed by atoms with Crippen LogP contribution in [0.4, 0.5) is 5.69 Å². The monoisotopic (exact) mass is 204 g/mol. The normalized spacial score (nSPS) is 10.9. The number of anilines is 1. The summed E-state index contributed by atoms with van der Waals surface area (Å²) >= 11 is 0. The molecule has 0 saturated carbocycles. The van der Waals surface area contributed by atoms with Crippen LogP contribution in [0.2, 0.25) is 0 Å². The zero-order chi connectivity index (χ0) is 10.8. The summed E-state index contributed by atoms with van der Waals surface area (Å²) in [5.41, 5.74) is 2.31. The topological polar surface area (TPSA) is 32.6 Å². The Morgan fingerprint density at radius 1 is 1.40 bits per heavy atom. The number of imidazole rings is 1. The van der Waals surface area contributed by atoms with Crippen LogP contribution in [-0.4, -0.2) is 30.5 Å². The van der Waals surface area contributed by atoms with E-state index in [9.17, 15) is 0 Å². The van der Waals surface area contributed by atoms with Gasteiger partial charge in [-0.1, -0.05) is 0 Å².